The highest BCUT2D eigenvalue weighted by molar-refractivity contribution is 6.19. The number of aliphatic imine (C=N–C) groups is 1. The fourth-order valence-corrected chi connectivity index (χ4v) is 2.61. The topological polar surface area (TPSA) is 35.9 Å². The third-order valence-corrected chi connectivity index (χ3v) is 3.66. The summed E-state index contributed by atoms with van der Waals surface area (Å²) in [6.07, 6.45) is 1.09. The van der Waals surface area contributed by atoms with Crippen molar-refractivity contribution in [3.8, 4) is 0 Å². The first-order valence-corrected chi connectivity index (χ1v) is 6.91. The van der Waals surface area contributed by atoms with Gasteiger partial charge < -0.3 is 4.90 Å². The van der Waals surface area contributed by atoms with E-state index in [-0.39, 0.29) is 5.91 Å². The maximum atomic E-state index is 12.4. The predicted molar refractivity (Wildman–Crippen MR) is 76.6 cm³/mol. The van der Waals surface area contributed by atoms with Gasteiger partial charge in [-0.1, -0.05) is 26.0 Å². The van der Waals surface area contributed by atoms with Gasteiger partial charge >= 0.3 is 0 Å². The average Bonchev–Trinajstić information content (AvgIpc) is 2.88. The van der Waals surface area contributed by atoms with E-state index in [9.17, 15) is 4.79 Å². The highest BCUT2D eigenvalue weighted by Gasteiger charge is 2.36. The Labute approximate surface area is 113 Å². The molecule has 0 aromatic heterocycles. The Kier molecular flexibility index (Phi) is 3.01. The Bertz CT molecular complexity index is 536. The van der Waals surface area contributed by atoms with Crippen LogP contribution in [0.4, 0.5) is 5.69 Å². The van der Waals surface area contributed by atoms with Crippen molar-refractivity contribution in [3.63, 3.8) is 0 Å². The zero-order valence-electron chi connectivity index (χ0n) is 11.5. The first kappa shape index (κ1) is 12.2. The Morgan fingerprint density at radius 1 is 1.32 bits per heavy atom. The summed E-state index contributed by atoms with van der Waals surface area (Å²) in [5.74, 6) is 1.57. The summed E-state index contributed by atoms with van der Waals surface area (Å²) in [7, 11) is 0. The van der Waals surface area contributed by atoms with Gasteiger partial charge in [-0.25, -0.2) is 0 Å². The lowest BCUT2D eigenvalue weighted by atomic mass is 10.1. The molecule has 1 amide bonds. The molecule has 4 nitrogen and oxygen atoms in total. The van der Waals surface area contributed by atoms with Crippen molar-refractivity contribution in [2.24, 2.45) is 10.9 Å². The van der Waals surface area contributed by atoms with Crippen molar-refractivity contribution >= 4 is 17.6 Å². The Morgan fingerprint density at radius 3 is 2.89 bits per heavy atom. The van der Waals surface area contributed by atoms with Gasteiger partial charge in [0.15, 0.2) is 0 Å². The van der Waals surface area contributed by atoms with E-state index < -0.39 is 0 Å². The molecule has 0 spiro atoms. The van der Waals surface area contributed by atoms with Crippen LogP contribution in [0.3, 0.4) is 0 Å². The van der Waals surface area contributed by atoms with Crippen molar-refractivity contribution in [1.82, 2.24) is 4.90 Å². The number of fused-ring (bicyclic) bond motifs is 2. The summed E-state index contributed by atoms with van der Waals surface area (Å²) in [4.78, 5) is 20.9. The van der Waals surface area contributed by atoms with Gasteiger partial charge in [0.2, 0.25) is 5.96 Å². The molecule has 0 saturated carbocycles. The monoisotopic (exact) mass is 257 g/mol. The number of carbonyl (C=O) groups is 1. The second-order valence-corrected chi connectivity index (χ2v) is 5.49. The smallest absolute Gasteiger partial charge is 0.262 e. The minimum absolute atomic E-state index is 0.0904. The van der Waals surface area contributed by atoms with E-state index in [2.05, 4.69) is 23.7 Å². The molecule has 0 radical (unpaired) electrons. The van der Waals surface area contributed by atoms with E-state index in [4.69, 9.17) is 0 Å². The van der Waals surface area contributed by atoms with Crippen molar-refractivity contribution < 1.29 is 4.79 Å². The second kappa shape index (κ2) is 4.68. The predicted octanol–water partition coefficient (Wildman–Crippen LogP) is 2.36. The molecule has 19 heavy (non-hydrogen) atoms. The molecule has 0 bridgehead atoms. The first-order valence-electron chi connectivity index (χ1n) is 6.91. The maximum Gasteiger partial charge on any atom is 0.262 e. The molecule has 0 atom stereocenters. The van der Waals surface area contributed by atoms with E-state index in [1.54, 1.807) is 0 Å². The standard InChI is InChI=1S/C15H19N3O/c1-11(2)7-9-17-13-6-4-3-5-12(13)14(19)18-10-8-16-15(17)18/h3-6,11H,7-10H2,1-2H3. The van der Waals surface area contributed by atoms with Gasteiger partial charge in [0.05, 0.1) is 17.8 Å². The van der Waals surface area contributed by atoms with Crippen molar-refractivity contribution in [1.29, 1.82) is 0 Å². The number of carbonyl (C=O) groups excluding carboxylic acids is 1. The Balaban J connectivity index is 2.00. The van der Waals surface area contributed by atoms with E-state index in [1.165, 1.54) is 0 Å². The van der Waals surface area contributed by atoms with Crippen LogP contribution < -0.4 is 4.90 Å². The molecule has 2 aliphatic heterocycles. The average molecular weight is 257 g/mol. The normalized spacial score (nSPS) is 17.6. The highest BCUT2D eigenvalue weighted by Crippen LogP contribution is 2.30. The van der Waals surface area contributed by atoms with Crippen LogP contribution in [0.1, 0.15) is 30.6 Å². The third kappa shape index (κ3) is 2.01. The number of anilines is 1. The van der Waals surface area contributed by atoms with E-state index in [0.717, 1.165) is 30.2 Å². The lowest BCUT2D eigenvalue weighted by molar-refractivity contribution is 0.0851. The number of amides is 1. The molecule has 0 N–H and O–H groups in total. The van der Waals surface area contributed by atoms with Gasteiger partial charge in [-0.05, 0) is 24.5 Å². The Hall–Kier alpha value is -1.84. The number of hydrogen-bond acceptors (Lipinski definition) is 3. The zero-order chi connectivity index (χ0) is 13.4. The number of nitrogens with zero attached hydrogens (tertiary/aromatic N) is 3. The number of para-hydroxylation sites is 1. The van der Waals surface area contributed by atoms with Crippen LogP contribution in [0.5, 0.6) is 0 Å². The lowest BCUT2D eigenvalue weighted by Crippen LogP contribution is -2.50. The summed E-state index contributed by atoms with van der Waals surface area (Å²) >= 11 is 0. The minimum Gasteiger partial charge on any atom is -0.311 e. The number of guanidine groups is 1. The molecule has 0 unspecified atom stereocenters. The van der Waals surface area contributed by atoms with Crippen molar-refractivity contribution in [2.75, 3.05) is 24.5 Å². The molecule has 0 fully saturated rings. The molecule has 1 aromatic rings. The maximum absolute atomic E-state index is 12.4. The van der Waals surface area contributed by atoms with Crippen molar-refractivity contribution in [3.05, 3.63) is 29.8 Å². The lowest BCUT2D eigenvalue weighted by Gasteiger charge is -2.36. The minimum atomic E-state index is 0.0904. The SMILES string of the molecule is CC(C)CCN1C2=NCCN2C(=O)c2ccccc21. The van der Waals surface area contributed by atoms with Gasteiger partial charge in [-0.3, -0.25) is 14.7 Å². The van der Waals surface area contributed by atoms with Crippen LogP contribution in [0, 0.1) is 5.92 Å². The quantitative estimate of drug-likeness (QED) is 0.833. The molecule has 2 aliphatic rings. The highest BCUT2D eigenvalue weighted by atomic mass is 16.2. The number of rotatable bonds is 3. The molecular weight excluding hydrogens is 238 g/mol. The summed E-state index contributed by atoms with van der Waals surface area (Å²) in [6, 6.07) is 7.84. The van der Waals surface area contributed by atoms with Crippen LogP contribution in [0.2, 0.25) is 0 Å². The fourth-order valence-electron chi connectivity index (χ4n) is 2.61. The van der Waals surface area contributed by atoms with Crippen LogP contribution >= 0.6 is 0 Å². The van der Waals surface area contributed by atoms with Gasteiger partial charge in [0.25, 0.3) is 5.91 Å². The van der Waals surface area contributed by atoms with E-state index in [1.807, 2.05) is 29.2 Å². The van der Waals surface area contributed by atoms with E-state index in [0.29, 0.717) is 19.0 Å². The zero-order valence-corrected chi connectivity index (χ0v) is 11.5. The molecule has 0 saturated heterocycles. The molecule has 3 rings (SSSR count). The first-order chi connectivity index (χ1) is 9.18. The molecule has 1 aromatic carbocycles. The largest absolute Gasteiger partial charge is 0.311 e. The van der Waals surface area contributed by atoms with E-state index >= 15 is 0 Å². The van der Waals surface area contributed by atoms with Crippen LogP contribution in [-0.2, 0) is 0 Å². The van der Waals surface area contributed by atoms with Crippen LogP contribution in [0.15, 0.2) is 29.3 Å². The molecule has 100 valence electrons. The van der Waals surface area contributed by atoms with Gasteiger partial charge in [0.1, 0.15) is 0 Å². The fraction of sp³-hybridized carbons (Fsp3) is 0.467. The Morgan fingerprint density at radius 2 is 2.11 bits per heavy atom. The number of hydrogen-bond donors (Lipinski definition) is 0. The summed E-state index contributed by atoms with van der Waals surface area (Å²) in [6.45, 7) is 6.77. The third-order valence-electron chi connectivity index (χ3n) is 3.66. The summed E-state index contributed by atoms with van der Waals surface area (Å²) in [5, 5.41) is 0. The number of benzene rings is 1. The van der Waals surface area contributed by atoms with Crippen molar-refractivity contribution in [2.45, 2.75) is 20.3 Å². The van der Waals surface area contributed by atoms with Gasteiger partial charge in [-0.15, -0.1) is 0 Å². The summed E-state index contributed by atoms with van der Waals surface area (Å²) < 4.78 is 0. The molecule has 0 aliphatic carbocycles. The van der Waals surface area contributed by atoms with Crippen LogP contribution in [-0.4, -0.2) is 36.4 Å². The molecule has 2 heterocycles. The summed E-state index contributed by atoms with van der Waals surface area (Å²) in [5.41, 5.74) is 1.80. The molecule has 4 heteroatoms. The van der Waals surface area contributed by atoms with Gasteiger partial charge in [0, 0.05) is 13.1 Å². The molecular formula is C15H19N3O. The van der Waals surface area contributed by atoms with Crippen LogP contribution in [0.25, 0.3) is 0 Å². The van der Waals surface area contributed by atoms with Gasteiger partial charge in [-0.2, -0.15) is 0 Å². The second-order valence-electron chi connectivity index (χ2n) is 5.49.